The molecule has 0 aromatic rings. The highest BCUT2D eigenvalue weighted by molar-refractivity contribution is 6.14. The molecule has 0 fully saturated rings. The van der Waals surface area contributed by atoms with Crippen molar-refractivity contribution in [1.29, 1.82) is 0 Å². The Morgan fingerprint density at radius 1 is 1.43 bits per heavy atom. The summed E-state index contributed by atoms with van der Waals surface area (Å²) in [6.45, 7) is 0. The molecule has 0 spiro atoms. The van der Waals surface area contributed by atoms with E-state index in [-0.39, 0.29) is 0 Å². The number of allylic oxidation sites excluding steroid dienone is 3. The third-order valence-electron chi connectivity index (χ3n) is 1.70. The highest BCUT2D eigenvalue weighted by atomic mass is 17.1. The van der Waals surface area contributed by atoms with Crippen LogP contribution in [0.25, 0.3) is 0 Å². The minimum atomic E-state index is -1.60. The molecule has 0 aliphatic heterocycles. The number of carboxylic acids is 1. The van der Waals surface area contributed by atoms with Crippen LogP contribution in [0.15, 0.2) is 23.8 Å². The molecule has 0 aromatic carbocycles. The molecule has 1 atom stereocenters. The third kappa shape index (κ3) is 1.69. The molecule has 1 rings (SSSR count). The molecule has 1 aliphatic carbocycles. The first kappa shape index (κ1) is 10.1. The molecule has 0 aromatic heterocycles. The fourth-order valence-corrected chi connectivity index (χ4v) is 1.09. The summed E-state index contributed by atoms with van der Waals surface area (Å²) in [5.41, 5.74) is -0.396. The first-order valence-corrected chi connectivity index (χ1v) is 3.58. The van der Waals surface area contributed by atoms with Gasteiger partial charge in [0.15, 0.2) is 11.7 Å². The Morgan fingerprint density at radius 2 is 2.07 bits per heavy atom. The van der Waals surface area contributed by atoms with E-state index in [0.29, 0.717) is 0 Å². The largest absolute Gasteiger partial charge is 0.480 e. The minimum Gasteiger partial charge on any atom is -0.480 e. The van der Waals surface area contributed by atoms with Gasteiger partial charge in [0.25, 0.3) is 0 Å². The van der Waals surface area contributed by atoms with E-state index in [1.54, 1.807) is 0 Å². The second-order valence-corrected chi connectivity index (χ2v) is 2.53. The molecule has 0 heterocycles. The van der Waals surface area contributed by atoms with Gasteiger partial charge < -0.3 is 5.11 Å². The molecular weight excluding hydrogens is 192 g/mol. The van der Waals surface area contributed by atoms with Gasteiger partial charge in [-0.25, -0.2) is 4.79 Å². The Kier molecular flexibility index (Phi) is 2.78. The molecule has 0 bridgehead atoms. The van der Waals surface area contributed by atoms with Gasteiger partial charge in [0, 0.05) is 0 Å². The Labute approximate surface area is 78.0 Å². The first-order valence-electron chi connectivity index (χ1n) is 3.58. The summed E-state index contributed by atoms with van der Waals surface area (Å²) in [4.78, 5) is 35.9. The van der Waals surface area contributed by atoms with Crippen LogP contribution in [-0.2, 0) is 19.3 Å². The maximum absolute atomic E-state index is 11.1. The molecule has 14 heavy (non-hydrogen) atoms. The predicted octanol–water partition coefficient (Wildman–Crippen LogP) is -0.231. The maximum atomic E-state index is 11.1. The van der Waals surface area contributed by atoms with Crippen LogP contribution in [0.2, 0.25) is 0 Å². The zero-order valence-corrected chi connectivity index (χ0v) is 6.84. The molecule has 1 aliphatic rings. The lowest BCUT2D eigenvalue weighted by Crippen LogP contribution is -2.30. The second kappa shape index (κ2) is 3.84. The van der Waals surface area contributed by atoms with Crippen LogP contribution < -0.4 is 0 Å². The van der Waals surface area contributed by atoms with Crippen molar-refractivity contribution in [3.8, 4) is 0 Å². The standard InChI is InChI=1S/C8H6O6/c9-5-3-1-2-4(8(12)14-13)6(5)7(10)11/h1-3,6,13H,(H,10,11). The van der Waals surface area contributed by atoms with Crippen molar-refractivity contribution in [2.45, 2.75) is 0 Å². The van der Waals surface area contributed by atoms with Crippen LogP contribution in [0.1, 0.15) is 0 Å². The number of ketones is 1. The van der Waals surface area contributed by atoms with Gasteiger partial charge in [0.2, 0.25) is 0 Å². The van der Waals surface area contributed by atoms with Crippen LogP contribution in [0.4, 0.5) is 0 Å². The van der Waals surface area contributed by atoms with E-state index < -0.39 is 29.2 Å². The van der Waals surface area contributed by atoms with Gasteiger partial charge >= 0.3 is 11.9 Å². The van der Waals surface area contributed by atoms with Crippen molar-refractivity contribution in [3.05, 3.63) is 23.8 Å². The van der Waals surface area contributed by atoms with Crippen molar-refractivity contribution >= 4 is 17.7 Å². The number of carbonyl (C=O) groups excluding carboxylic acids is 2. The van der Waals surface area contributed by atoms with Gasteiger partial charge in [-0.1, -0.05) is 12.2 Å². The minimum absolute atomic E-state index is 0.396. The lowest BCUT2D eigenvalue weighted by atomic mass is 9.90. The zero-order valence-electron chi connectivity index (χ0n) is 6.84. The molecule has 0 saturated carbocycles. The lowest BCUT2D eigenvalue weighted by Gasteiger charge is -2.12. The summed E-state index contributed by atoms with van der Waals surface area (Å²) in [5, 5.41) is 16.7. The Hall–Kier alpha value is -1.95. The van der Waals surface area contributed by atoms with Crippen molar-refractivity contribution in [2.24, 2.45) is 5.92 Å². The van der Waals surface area contributed by atoms with Crippen LogP contribution in [0.5, 0.6) is 0 Å². The van der Waals surface area contributed by atoms with Gasteiger partial charge in [0.05, 0.1) is 5.57 Å². The molecule has 2 N–H and O–H groups in total. The van der Waals surface area contributed by atoms with E-state index in [0.717, 1.165) is 12.2 Å². The quantitative estimate of drug-likeness (QED) is 0.361. The summed E-state index contributed by atoms with van der Waals surface area (Å²) in [7, 11) is 0. The van der Waals surface area contributed by atoms with Gasteiger partial charge in [0.1, 0.15) is 0 Å². The van der Waals surface area contributed by atoms with Gasteiger partial charge in [-0.3, -0.25) is 14.5 Å². The Bertz CT molecular complexity index is 351. The summed E-state index contributed by atoms with van der Waals surface area (Å²) in [6, 6.07) is 0. The smallest absolute Gasteiger partial charge is 0.370 e. The van der Waals surface area contributed by atoms with Crippen molar-refractivity contribution in [1.82, 2.24) is 0 Å². The van der Waals surface area contributed by atoms with Gasteiger partial charge in [-0.2, -0.15) is 5.26 Å². The number of carboxylic acid groups (broad SMARTS) is 1. The molecule has 74 valence electrons. The van der Waals surface area contributed by atoms with Crippen LogP contribution >= 0.6 is 0 Å². The Balaban J connectivity index is 3.06. The number of hydrogen-bond acceptors (Lipinski definition) is 5. The van der Waals surface area contributed by atoms with Crippen LogP contribution in [0, 0.1) is 5.92 Å². The molecule has 0 amide bonds. The maximum Gasteiger partial charge on any atom is 0.370 e. The van der Waals surface area contributed by atoms with Crippen LogP contribution in [0.3, 0.4) is 0 Å². The molecule has 0 radical (unpaired) electrons. The number of hydrogen-bond donors (Lipinski definition) is 2. The molecule has 0 saturated heterocycles. The van der Waals surface area contributed by atoms with E-state index in [2.05, 4.69) is 4.89 Å². The summed E-state index contributed by atoms with van der Waals surface area (Å²) >= 11 is 0. The highest BCUT2D eigenvalue weighted by Crippen LogP contribution is 2.19. The van der Waals surface area contributed by atoms with E-state index in [1.807, 2.05) is 0 Å². The SMILES string of the molecule is O=C(OO)C1=CC=CC(=O)C1C(=O)O. The van der Waals surface area contributed by atoms with Crippen molar-refractivity contribution in [3.63, 3.8) is 0 Å². The van der Waals surface area contributed by atoms with E-state index in [4.69, 9.17) is 10.4 Å². The zero-order chi connectivity index (χ0) is 10.7. The van der Waals surface area contributed by atoms with E-state index >= 15 is 0 Å². The van der Waals surface area contributed by atoms with Crippen LogP contribution in [-0.4, -0.2) is 28.1 Å². The Morgan fingerprint density at radius 3 is 2.57 bits per heavy atom. The number of rotatable bonds is 2. The summed E-state index contributed by atoms with van der Waals surface area (Å²) in [5.74, 6) is -5.04. The lowest BCUT2D eigenvalue weighted by molar-refractivity contribution is -0.230. The molecule has 6 heteroatoms. The highest BCUT2D eigenvalue weighted by Gasteiger charge is 2.35. The monoisotopic (exact) mass is 198 g/mol. The van der Waals surface area contributed by atoms with E-state index in [1.165, 1.54) is 6.08 Å². The third-order valence-corrected chi connectivity index (χ3v) is 1.70. The molecule has 1 unspecified atom stereocenters. The van der Waals surface area contributed by atoms with E-state index in [9.17, 15) is 14.4 Å². The van der Waals surface area contributed by atoms with Crippen molar-refractivity contribution < 1.29 is 29.6 Å². The first-order chi connectivity index (χ1) is 6.57. The average molecular weight is 198 g/mol. The van der Waals surface area contributed by atoms with Crippen molar-refractivity contribution in [2.75, 3.05) is 0 Å². The number of carbonyl (C=O) groups is 3. The predicted molar refractivity (Wildman–Crippen MR) is 42.1 cm³/mol. The van der Waals surface area contributed by atoms with Gasteiger partial charge in [-0.15, -0.1) is 0 Å². The second-order valence-electron chi connectivity index (χ2n) is 2.53. The normalized spacial score (nSPS) is 20.2. The fourth-order valence-electron chi connectivity index (χ4n) is 1.09. The average Bonchev–Trinajstić information content (AvgIpc) is 2.15. The topological polar surface area (TPSA) is 101 Å². The molecule has 6 nitrogen and oxygen atoms in total. The summed E-state index contributed by atoms with van der Waals surface area (Å²) < 4.78 is 0. The van der Waals surface area contributed by atoms with Gasteiger partial charge in [-0.05, 0) is 6.08 Å². The summed E-state index contributed by atoms with van der Waals surface area (Å²) in [6.07, 6.45) is 3.36. The number of aliphatic carboxylic acids is 1. The molecular formula is C8H6O6. The fraction of sp³-hybridized carbons (Fsp3) is 0.125.